The molecule has 0 spiro atoms. The fourth-order valence-electron chi connectivity index (χ4n) is 6.17. The summed E-state index contributed by atoms with van der Waals surface area (Å²) in [6.07, 6.45) is 6.22. The number of carbonyl (C=O) groups excluding carboxylic acids is 1. The Labute approximate surface area is 236 Å². The maximum Gasteiger partial charge on any atom is 0.318 e. The first-order chi connectivity index (χ1) is 19.4. The molecule has 0 radical (unpaired) electrons. The van der Waals surface area contributed by atoms with E-state index in [1.807, 2.05) is 26.2 Å². The molecule has 1 aliphatic carbocycles. The second-order valence-corrected chi connectivity index (χ2v) is 11.1. The molecule has 2 aromatic rings. The lowest BCUT2D eigenvalue weighted by Crippen LogP contribution is -2.55. The molecule has 2 aliphatic heterocycles. The van der Waals surface area contributed by atoms with Gasteiger partial charge in [0.1, 0.15) is 18.2 Å². The number of hydrogen-bond acceptors (Lipinski definition) is 9. The maximum absolute atomic E-state index is 12.5. The third-order valence-corrected chi connectivity index (χ3v) is 8.21. The van der Waals surface area contributed by atoms with Gasteiger partial charge >= 0.3 is 6.01 Å². The topological polar surface area (TPSA) is 109 Å². The second-order valence-electron chi connectivity index (χ2n) is 11.1. The van der Waals surface area contributed by atoms with E-state index in [9.17, 15) is 15.2 Å². The predicted molar refractivity (Wildman–Crippen MR) is 154 cm³/mol. The van der Waals surface area contributed by atoms with Crippen molar-refractivity contribution in [3.05, 3.63) is 47.7 Å². The number of phenols is 1. The van der Waals surface area contributed by atoms with Crippen LogP contribution < -0.4 is 14.5 Å². The SMILES string of the molecule is C=CC(=O)N1CCN(c2nc(OCCN(C)C)nc3c2CCC(N2CCCc4ccc(O)cc42)C3)CC1CC#N. The molecule has 3 heterocycles. The molecule has 0 bridgehead atoms. The van der Waals surface area contributed by atoms with Crippen molar-refractivity contribution >= 4 is 17.4 Å². The van der Waals surface area contributed by atoms with Crippen molar-refractivity contribution in [2.75, 3.05) is 63.2 Å². The van der Waals surface area contributed by atoms with Crippen LogP contribution in [-0.4, -0.2) is 96.3 Å². The number of aryl methyl sites for hydroxylation is 1. The van der Waals surface area contributed by atoms with E-state index in [4.69, 9.17) is 14.7 Å². The van der Waals surface area contributed by atoms with Gasteiger partial charge in [-0.05, 0) is 57.5 Å². The Morgan fingerprint density at radius 3 is 2.90 bits per heavy atom. The highest BCUT2D eigenvalue weighted by molar-refractivity contribution is 5.87. The standard InChI is InChI=1S/C30H39N7O3/c1-4-28(39)37-15-14-35(20-23(37)11-12-31)29-25-10-8-22(18-26(25)32-30(33-29)40-17-16-34(2)3)36-13-5-6-21-7-9-24(38)19-27(21)36/h4,7,9,19,22-23,38H,1,5-6,8,10-11,13-18,20H2,2-3H3. The highest BCUT2D eigenvalue weighted by Crippen LogP contribution is 2.38. The number of fused-ring (bicyclic) bond motifs is 2. The number of carbonyl (C=O) groups is 1. The number of nitriles is 1. The molecule has 2 unspecified atom stereocenters. The number of rotatable bonds is 8. The number of hydrogen-bond donors (Lipinski definition) is 1. The number of ether oxygens (including phenoxy) is 1. The summed E-state index contributed by atoms with van der Waals surface area (Å²) in [7, 11) is 4.00. The zero-order valence-corrected chi connectivity index (χ0v) is 23.6. The van der Waals surface area contributed by atoms with Crippen LogP contribution in [0.25, 0.3) is 0 Å². The summed E-state index contributed by atoms with van der Waals surface area (Å²) < 4.78 is 6.05. The molecular weight excluding hydrogens is 506 g/mol. The van der Waals surface area contributed by atoms with Gasteiger partial charge in [-0.15, -0.1) is 0 Å². The molecule has 40 heavy (non-hydrogen) atoms. The monoisotopic (exact) mass is 545 g/mol. The third kappa shape index (κ3) is 5.85. The Morgan fingerprint density at radius 2 is 2.12 bits per heavy atom. The van der Waals surface area contributed by atoms with E-state index < -0.39 is 0 Å². The molecule has 1 N–H and O–H groups in total. The number of aromatic nitrogens is 2. The minimum absolute atomic E-state index is 0.145. The van der Waals surface area contributed by atoms with Crippen LogP contribution in [-0.2, 0) is 24.1 Å². The lowest BCUT2D eigenvalue weighted by molar-refractivity contribution is -0.128. The lowest BCUT2D eigenvalue weighted by atomic mass is 9.88. The van der Waals surface area contributed by atoms with Gasteiger partial charge in [-0.2, -0.15) is 15.2 Å². The number of likely N-dealkylation sites (N-methyl/N-ethyl adjacent to an activating group) is 1. The summed E-state index contributed by atoms with van der Waals surface area (Å²) in [5, 5.41) is 19.7. The molecular formula is C30H39N7O3. The number of amides is 1. The summed E-state index contributed by atoms with van der Waals surface area (Å²) in [6, 6.07) is 8.35. The van der Waals surface area contributed by atoms with Crippen molar-refractivity contribution in [1.82, 2.24) is 19.8 Å². The summed E-state index contributed by atoms with van der Waals surface area (Å²) in [4.78, 5) is 30.7. The van der Waals surface area contributed by atoms with Gasteiger partial charge in [0.15, 0.2) is 0 Å². The van der Waals surface area contributed by atoms with Crippen LogP contribution in [0.3, 0.4) is 0 Å². The molecule has 212 valence electrons. The number of benzene rings is 1. The van der Waals surface area contributed by atoms with Crippen LogP contribution in [0.15, 0.2) is 30.9 Å². The fourth-order valence-corrected chi connectivity index (χ4v) is 6.17. The number of anilines is 2. The van der Waals surface area contributed by atoms with Crippen LogP contribution in [0.1, 0.15) is 36.1 Å². The van der Waals surface area contributed by atoms with Crippen molar-refractivity contribution in [3.63, 3.8) is 0 Å². The number of phenolic OH excluding ortho intramolecular Hbond substituents is 1. The van der Waals surface area contributed by atoms with Gasteiger partial charge in [-0.1, -0.05) is 12.6 Å². The van der Waals surface area contributed by atoms with E-state index in [1.165, 1.54) is 11.6 Å². The number of aromatic hydroxyl groups is 1. The van der Waals surface area contributed by atoms with Gasteiger partial charge in [0.2, 0.25) is 5.91 Å². The molecule has 10 nitrogen and oxygen atoms in total. The molecule has 0 saturated carbocycles. The zero-order valence-electron chi connectivity index (χ0n) is 23.6. The summed E-state index contributed by atoms with van der Waals surface area (Å²) in [5.41, 5.74) is 4.53. The Kier molecular flexibility index (Phi) is 8.40. The third-order valence-electron chi connectivity index (χ3n) is 8.21. The Bertz CT molecular complexity index is 1290. The van der Waals surface area contributed by atoms with E-state index in [2.05, 4.69) is 27.3 Å². The molecule has 1 aromatic carbocycles. The van der Waals surface area contributed by atoms with Crippen molar-refractivity contribution < 1.29 is 14.6 Å². The lowest BCUT2D eigenvalue weighted by Gasteiger charge is -2.43. The molecule has 2 atom stereocenters. The minimum Gasteiger partial charge on any atom is -0.508 e. The smallest absolute Gasteiger partial charge is 0.318 e. The molecule has 1 aromatic heterocycles. The highest BCUT2D eigenvalue weighted by Gasteiger charge is 2.35. The maximum atomic E-state index is 12.5. The van der Waals surface area contributed by atoms with Gasteiger partial charge in [0.25, 0.3) is 0 Å². The van der Waals surface area contributed by atoms with E-state index in [1.54, 1.807) is 11.0 Å². The van der Waals surface area contributed by atoms with Gasteiger partial charge in [-0.25, -0.2) is 0 Å². The van der Waals surface area contributed by atoms with E-state index in [0.717, 1.165) is 68.0 Å². The van der Waals surface area contributed by atoms with Gasteiger partial charge in [0.05, 0.1) is 24.2 Å². The average Bonchev–Trinajstić information content (AvgIpc) is 2.95. The molecule has 10 heteroatoms. The second kappa shape index (κ2) is 12.1. The van der Waals surface area contributed by atoms with E-state index >= 15 is 0 Å². The summed E-state index contributed by atoms with van der Waals surface area (Å²) >= 11 is 0. The zero-order chi connectivity index (χ0) is 28.2. The van der Waals surface area contributed by atoms with Crippen LogP contribution in [0.2, 0.25) is 0 Å². The Hall–Kier alpha value is -3.84. The molecule has 5 rings (SSSR count). The van der Waals surface area contributed by atoms with Crippen molar-refractivity contribution in [2.45, 2.75) is 50.6 Å². The summed E-state index contributed by atoms with van der Waals surface area (Å²) in [6.45, 7) is 7.46. The van der Waals surface area contributed by atoms with E-state index in [0.29, 0.717) is 38.0 Å². The molecule has 1 saturated heterocycles. The van der Waals surface area contributed by atoms with Crippen molar-refractivity contribution in [3.8, 4) is 17.8 Å². The van der Waals surface area contributed by atoms with Gasteiger partial charge in [-0.3, -0.25) is 4.79 Å². The molecule has 3 aliphatic rings. The normalized spacial score (nSPS) is 20.5. The van der Waals surface area contributed by atoms with Crippen LogP contribution in [0.5, 0.6) is 11.8 Å². The highest BCUT2D eigenvalue weighted by atomic mass is 16.5. The van der Waals surface area contributed by atoms with Crippen LogP contribution in [0, 0.1) is 11.3 Å². The van der Waals surface area contributed by atoms with Crippen molar-refractivity contribution in [2.24, 2.45) is 0 Å². The minimum atomic E-state index is -0.234. The van der Waals surface area contributed by atoms with Crippen molar-refractivity contribution in [1.29, 1.82) is 5.26 Å². The van der Waals surface area contributed by atoms with Gasteiger partial charge in [0, 0.05) is 62.5 Å². The van der Waals surface area contributed by atoms with Gasteiger partial charge < -0.3 is 29.4 Å². The quantitative estimate of drug-likeness (QED) is 0.501. The Balaban J connectivity index is 1.45. The van der Waals surface area contributed by atoms with E-state index in [-0.39, 0.29) is 24.4 Å². The fraction of sp³-hybridized carbons (Fsp3) is 0.533. The number of piperazine rings is 1. The van der Waals surface area contributed by atoms with Crippen LogP contribution >= 0.6 is 0 Å². The first-order valence-corrected chi connectivity index (χ1v) is 14.2. The largest absolute Gasteiger partial charge is 0.508 e. The first kappa shape index (κ1) is 27.7. The predicted octanol–water partition coefficient (Wildman–Crippen LogP) is 2.55. The summed E-state index contributed by atoms with van der Waals surface area (Å²) in [5.74, 6) is 1.01. The average molecular weight is 546 g/mol. The molecule has 1 amide bonds. The van der Waals surface area contributed by atoms with Crippen LogP contribution in [0.4, 0.5) is 11.5 Å². The number of nitrogens with zero attached hydrogens (tertiary/aromatic N) is 7. The molecule has 1 fully saturated rings. The first-order valence-electron chi connectivity index (χ1n) is 14.2. The Morgan fingerprint density at radius 1 is 1.27 bits per heavy atom.